The summed E-state index contributed by atoms with van der Waals surface area (Å²) in [5.41, 5.74) is -0.0336. The first-order chi connectivity index (χ1) is 7.97. The van der Waals surface area contributed by atoms with Crippen LogP contribution in [0, 0.1) is 0 Å². The van der Waals surface area contributed by atoms with E-state index in [9.17, 15) is 8.42 Å². The molecule has 0 aromatic heterocycles. The molecule has 0 unspecified atom stereocenters. The van der Waals surface area contributed by atoms with Crippen LogP contribution in [0.3, 0.4) is 0 Å². The van der Waals surface area contributed by atoms with E-state index in [-0.39, 0.29) is 19.0 Å². The van der Waals surface area contributed by atoms with Gasteiger partial charge in [-0.15, -0.1) is 0 Å². The molecule has 1 fully saturated rings. The van der Waals surface area contributed by atoms with Crippen LogP contribution >= 0.6 is 15.9 Å². The van der Waals surface area contributed by atoms with Crippen LogP contribution in [-0.2, 0) is 24.6 Å². The van der Waals surface area contributed by atoms with Crippen molar-refractivity contribution in [1.29, 1.82) is 0 Å². The van der Waals surface area contributed by atoms with Crippen LogP contribution < -0.4 is 0 Å². The Balaban J connectivity index is 2.32. The molecule has 0 saturated carbocycles. The normalized spacial score (nSPS) is 18.7. The molecule has 1 saturated heterocycles. The smallest absolute Gasteiger partial charge is 0.268 e. The van der Waals surface area contributed by atoms with E-state index in [1.54, 1.807) is 6.92 Å². The molecule has 0 bridgehead atoms. The van der Waals surface area contributed by atoms with Crippen molar-refractivity contribution in [2.24, 2.45) is 0 Å². The SMILES string of the molecule is CCS(=O)(=O)OC1(c2cccc(Br)c2)COC1. The summed E-state index contributed by atoms with van der Waals surface area (Å²) in [5, 5.41) is 0. The molecule has 17 heavy (non-hydrogen) atoms. The van der Waals surface area contributed by atoms with Crippen molar-refractivity contribution in [2.75, 3.05) is 19.0 Å². The van der Waals surface area contributed by atoms with Crippen molar-refractivity contribution < 1.29 is 17.3 Å². The topological polar surface area (TPSA) is 52.6 Å². The number of halogens is 1. The van der Waals surface area contributed by atoms with Gasteiger partial charge in [0.15, 0.2) is 5.60 Å². The lowest BCUT2D eigenvalue weighted by atomic mass is 9.92. The number of rotatable bonds is 4. The fourth-order valence-corrected chi connectivity index (χ4v) is 2.82. The van der Waals surface area contributed by atoms with Gasteiger partial charge in [-0.2, -0.15) is 8.42 Å². The lowest BCUT2D eigenvalue weighted by molar-refractivity contribution is -0.165. The zero-order valence-corrected chi connectivity index (χ0v) is 11.8. The largest absolute Gasteiger partial charge is 0.374 e. The predicted molar refractivity (Wildman–Crippen MR) is 67.2 cm³/mol. The minimum atomic E-state index is -3.49. The zero-order chi connectivity index (χ0) is 12.5. The molecule has 1 aromatic carbocycles. The zero-order valence-electron chi connectivity index (χ0n) is 9.35. The summed E-state index contributed by atoms with van der Waals surface area (Å²) in [4.78, 5) is 0. The van der Waals surface area contributed by atoms with Crippen molar-refractivity contribution in [2.45, 2.75) is 12.5 Å². The average Bonchev–Trinajstić information content (AvgIpc) is 2.24. The number of benzene rings is 1. The first kappa shape index (κ1) is 13.0. The van der Waals surface area contributed by atoms with E-state index in [0.29, 0.717) is 0 Å². The van der Waals surface area contributed by atoms with E-state index in [0.717, 1.165) is 10.0 Å². The molecule has 94 valence electrons. The Bertz CT molecular complexity index is 508. The van der Waals surface area contributed by atoms with Gasteiger partial charge in [0.2, 0.25) is 0 Å². The molecule has 1 aliphatic heterocycles. The Morgan fingerprint density at radius 1 is 1.47 bits per heavy atom. The summed E-state index contributed by atoms with van der Waals surface area (Å²) in [6.07, 6.45) is 0. The van der Waals surface area contributed by atoms with Crippen LogP contribution in [0.5, 0.6) is 0 Å². The maximum atomic E-state index is 11.6. The molecule has 4 nitrogen and oxygen atoms in total. The Morgan fingerprint density at radius 3 is 2.65 bits per heavy atom. The minimum Gasteiger partial charge on any atom is -0.374 e. The summed E-state index contributed by atoms with van der Waals surface area (Å²) in [6, 6.07) is 7.43. The summed E-state index contributed by atoms with van der Waals surface area (Å²) >= 11 is 3.36. The van der Waals surface area contributed by atoms with E-state index in [1.807, 2.05) is 24.3 Å². The van der Waals surface area contributed by atoms with Crippen molar-refractivity contribution in [3.05, 3.63) is 34.3 Å². The molecule has 0 spiro atoms. The highest BCUT2D eigenvalue weighted by Crippen LogP contribution is 2.36. The maximum absolute atomic E-state index is 11.6. The highest BCUT2D eigenvalue weighted by atomic mass is 79.9. The Hall–Kier alpha value is -0.430. The Labute approximate surface area is 109 Å². The molecule has 1 aromatic rings. The first-order valence-corrected chi connectivity index (χ1v) is 7.62. The summed E-state index contributed by atoms with van der Waals surface area (Å²) < 4.78 is 34.4. The third kappa shape index (κ3) is 2.70. The van der Waals surface area contributed by atoms with Gasteiger partial charge in [0, 0.05) is 4.47 Å². The molecule has 2 rings (SSSR count). The fourth-order valence-electron chi connectivity index (χ4n) is 1.62. The molecule has 1 heterocycles. The summed E-state index contributed by atoms with van der Waals surface area (Å²) in [7, 11) is -3.49. The Kier molecular flexibility index (Phi) is 3.58. The molecule has 1 aliphatic rings. The number of ether oxygens (including phenoxy) is 1. The number of hydrogen-bond acceptors (Lipinski definition) is 4. The lowest BCUT2D eigenvalue weighted by Gasteiger charge is -2.40. The van der Waals surface area contributed by atoms with Gasteiger partial charge in [-0.1, -0.05) is 28.1 Å². The van der Waals surface area contributed by atoms with Crippen LogP contribution in [-0.4, -0.2) is 27.4 Å². The van der Waals surface area contributed by atoms with E-state index in [4.69, 9.17) is 8.92 Å². The Morgan fingerprint density at radius 2 is 2.18 bits per heavy atom. The van der Waals surface area contributed by atoms with E-state index in [2.05, 4.69) is 15.9 Å². The van der Waals surface area contributed by atoms with Gasteiger partial charge >= 0.3 is 0 Å². The predicted octanol–water partition coefficient (Wildman–Crippen LogP) is 2.04. The second-order valence-electron chi connectivity index (χ2n) is 3.93. The molecular weight excluding hydrogens is 308 g/mol. The van der Waals surface area contributed by atoms with Gasteiger partial charge in [0.25, 0.3) is 10.1 Å². The van der Waals surface area contributed by atoms with Crippen LogP contribution in [0.4, 0.5) is 0 Å². The van der Waals surface area contributed by atoms with E-state index >= 15 is 0 Å². The second-order valence-corrected chi connectivity index (χ2v) is 6.70. The molecule has 0 N–H and O–H groups in total. The highest BCUT2D eigenvalue weighted by Gasteiger charge is 2.45. The van der Waals surface area contributed by atoms with Gasteiger partial charge in [0.05, 0.1) is 19.0 Å². The van der Waals surface area contributed by atoms with Crippen LogP contribution in [0.1, 0.15) is 12.5 Å². The standard InChI is InChI=1S/C11H13BrO4S/c1-2-17(13,14)16-11(7-15-8-11)9-4-3-5-10(12)6-9/h3-6H,2,7-8H2,1H3. The lowest BCUT2D eigenvalue weighted by Crippen LogP contribution is -2.50. The second kappa shape index (κ2) is 4.68. The quantitative estimate of drug-likeness (QED) is 0.797. The number of hydrogen-bond donors (Lipinski definition) is 0. The van der Waals surface area contributed by atoms with Gasteiger partial charge in [-0.3, -0.25) is 4.18 Å². The fraction of sp³-hybridized carbons (Fsp3) is 0.455. The van der Waals surface area contributed by atoms with Crippen LogP contribution in [0.25, 0.3) is 0 Å². The van der Waals surface area contributed by atoms with Crippen molar-refractivity contribution in [3.63, 3.8) is 0 Å². The summed E-state index contributed by atoms with van der Waals surface area (Å²) in [6.45, 7) is 2.09. The van der Waals surface area contributed by atoms with Gasteiger partial charge in [-0.25, -0.2) is 0 Å². The van der Waals surface area contributed by atoms with E-state index in [1.165, 1.54) is 0 Å². The monoisotopic (exact) mass is 320 g/mol. The van der Waals surface area contributed by atoms with Crippen LogP contribution in [0.2, 0.25) is 0 Å². The minimum absolute atomic E-state index is 0.0389. The average molecular weight is 321 g/mol. The van der Waals surface area contributed by atoms with Crippen molar-refractivity contribution >= 4 is 26.0 Å². The first-order valence-electron chi connectivity index (χ1n) is 5.24. The van der Waals surface area contributed by atoms with Gasteiger partial charge in [0.1, 0.15) is 0 Å². The van der Waals surface area contributed by atoms with Crippen molar-refractivity contribution in [3.8, 4) is 0 Å². The molecule has 0 atom stereocenters. The third-order valence-corrected chi connectivity index (χ3v) is 4.43. The third-order valence-electron chi connectivity index (χ3n) is 2.66. The maximum Gasteiger partial charge on any atom is 0.268 e. The van der Waals surface area contributed by atoms with Crippen LogP contribution in [0.15, 0.2) is 28.7 Å². The van der Waals surface area contributed by atoms with Gasteiger partial charge < -0.3 is 4.74 Å². The molecule has 0 aliphatic carbocycles. The molecule has 6 heteroatoms. The molecule has 0 amide bonds. The van der Waals surface area contributed by atoms with E-state index < -0.39 is 15.7 Å². The summed E-state index contributed by atoms with van der Waals surface area (Å²) in [5.74, 6) is -0.0389. The van der Waals surface area contributed by atoms with Gasteiger partial charge in [-0.05, 0) is 24.6 Å². The molecule has 0 radical (unpaired) electrons. The molecular formula is C11H13BrO4S. The van der Waals surface area contributed by atoms with Crippen molar-refractivity contribution in [1.82, 2.24) is 0 Å². The highest BCUT2D eigenvalue weighted by molar-refractivity contribution is 9.10.